The standard InChI is InChI=1S/C15H23NO4S/c1-5-11(4)14(15(17)18)16-21(19,20)13-8-6-12(7-9-13)10(2)3/h6-11,14,16H,5H2,1-4H3,(H,17,18)/t11-,14-/m0/s1. The molecule has 118 valence electrons. The van der Waals surface area contributed by atoms with Crippen LogP contribution in [0.1, 0.15) is 45.6 Å². The molecule has 0 spiro atoms. The summed E-state index contributed by atoms with van der Waals surface area (Å²) in [5.74, 6) is -1.14. The second-order valence-electron chi connectivity index (χ2n) is 5.55. The van der Waals surface area contributed by atoms with Crippen molar-refractivity contribution in [2.75, 3.05) is 0 Å². The average Bonchev–Trinajstić information content (AvgIpc) is 2.43. The zero-order chi connectivity index (χ0) is 16.2. The number of hydrogen-bond acceptors (Lipinski definition) is 3. The molecule has 0 aliphatic heterocycles. The molecule has 21 heavy (non-hydrogen) atoms. The number of carboxylic acid groups (broad SMARTS) is 1. The lowest BCUT2D eigenvalue weighted by molar-refractivity contribution is -0.140. The first-order valence-electron chi connectivity index (χ1n) is 7.04. The quantitative estimate of drug-likeness (QED) is 0.810. The molecular formula is C15H23NO4S. The highest BCUT2D eigenvalue weighted by Gasteiger charge is 2.29. The van der Waals surface area contributed by atoms with E-state index in [1.165, 1.54) is 12.1 Å². The van der Waals surface area contributed by atoms with Crippen LogP contribution in [0.25, 0.3) is 0 Å². The first kappa shape index (κ1) is 17.7. The van der Waals surface area contributed by atoms with E-state index < -0.39 is 22.0 Å². The summed E-state index contributed by atoms with van der Waals surface area (Å²) < 4.78 is 26.8. The number of carbonyl (C=O) groups is 1. The molecule has 2 atom stereocenters. The molecule has 0 fully saturated rings. The Hall–Kier alpha value is -1.40. The van der Waals surface area contributed by atoms with Crippen molar-refractivity contribution in [1.29, 1.82) is 0 Å². The van der Waals surface area contributed by atoms with Crippen LogP contribution in [-0.4, -0.2) is 25.5 Å². The summed E-state index contributed by atoms with van der Waals surface area (Å²) in [5, 5.41) is 9.17. The van der Waals surface area contributed by atoms with Crippen LogP contribution in [0, 0.1) is 5.92 Å². The highest BCUT2D eigenvalue weighted by molar-refractivity contribution is 7.89. The predicted molar refractivity (Wildman–Crippen MR) is 81.7 cm³/mol. The third-order valence-corrected chi connectivity index (χ3v) is 5.08. The lowest BCUT2D eigenvalue weighted by Gasteiger charge is -2.20. The summed E-state index contributed by atoms with van der Waals surface area (Å²) >= 11 is 0. The van der Waals surface area contributed by atoms with Crippen molar-refractivity contribution in [2.45, 2.75) is 51.0 Å². The lowest BCUT2D eigenvalue weighted by Crippen LogP contribution is -2.44. The number of nitrogens with one attached hydrogen (secondary N) is 1. The minimum absolute atomic E-state index is 0.0847. The van der Waals surface area contributed by atoms with E-state index in [-0.39, 0.29) is 10.8 Å². The van der Waals surface area contributed by atoms with E-state index in [9.17, 15) is 18.3 Å². The fourth-order valence-electron chi connectivity index (χ4n) is 1.91. The van der Waals surface area contributed by atoms with E-state index in [1.54, 1.807) is 19.1 Å². The Morgan fingerprint density at radius 2 is 1.71 bits per heavy atom. The SMILES string of the molecule is CC[C@H](C)[C@H](NS(=O)(=O)c1ccc(C(C)C)cc1)C(=O)O. The van der Waals surface area contributed by atoms with Gasteiger partial charge in [-0.3, -0.25) is 4.79 Å². The van der Waals surface area contributed by atoms with E-state index >= 15 is 0 Å². The van der Waals surface area contributed by atoms with Gasteiger partial charge in [0.25, 0.3) is 0 Å². The highest BCUT2D eigenvalue weighted by Crippen LogP contribution is 2.18. The molecule has 5 nitrogen and oxygen atoms in total. The smallest absolute Gasteiger partial charge is 0.322 e. The zero-order valence-electron chi connectivity index (χ0n) is 12.8. The van der Waals surface area contributed by atoms with Crippen LogP contribution in [0.4, 0.5) is 0 Å². The van der Waals surface area contributed by atoms with Gasteiger partial charge in [-0.1, -0.05) is 46.2 Å². The minimum atomic E-state index is -3.83. The number of benzene rings is 1. The maximum Gasteiger partial charge on any atom is 0.322 e. The van der Waals surface area contributed by atoms with E-state index in [4.69, 9.17) is 0 Å². The molecule has 0 amide bonds. The molecule has 0 radical (unpaired) electrons. The Labute approximate surface area is 126 Å². The van der Waals surface area contributed by atoms with Gasteiger partial charge in [-0.25, -0.2) is 8.42 Å². The van der Waals surface area contributed by atoms with Crippen molar-refractivity contribution in [3.8, 4) is 0 Å². The van der Waals surface area contributed by atoms with Gasteiger partial charge < -0.3 is 5.11 Å². The zero-order valence-corrected chi connectivity index (χ0v) is 13.6. The molecule has 0 aliphatic rings. The van der Waals surface area contributed by atoms with Crippen molar-refractivity contribution in [1.82, 2.24) is 4.72 Å². The van der Waals surface area contributed by atoms with E-state index in [0.717, 1.165) is 5.56 Å². The molecule has 0 saturated heterocycles. The summed E-state index contributed by atoms with van der Waals surface area (Å²) in [6.07, 6.45) is 0.575. The molecule has 0 aromatic heterocycles. The van der Waals surface area contributed by atoms with Crippen LogP contribution in [0.5, 0.6) is 0 Å². The first-order chi connectivity index (χ1) is 9.69. The Bertz CT molecular complexity index is 578. The van der Waals surface area contributed by atoms with Gasteiger partial charge in [0.2, 0.25) is 10.0 Å². The Balaban J connectivity index is 3.02. The number of rotatable bonds is 7. The number of sulfonamides is 1. The third kappa shape index (κ3) is 4.54. The van der Waals surface area contributed by atoms with Crippen molar-refractivity contribution in [3.05, 3.63) is 29.8 Å². The summed E-state index contributed by atoms with van der Waals surface area (Å²) in [5.41, 5.74) is 1.03. The average molecular weight is 313 g/mol. The van der Waals surface area contributed by atoms with E-state index in [0.29, 0.717) is 12.3 Å². The molecule has 0 bridgehead atoms. The second kappa shape index (κ2) is 7.04. The van der Waals surface area contributed by atoms with Gasteiger partial charge in [-0.05, 0) is 29.5 Å². The highest BCUT2D eigenvalue weighted by atomic mass is 32.2. The van der Waals surface area contributed by atoms with Gasteiger partial charge in [0.15, 0.2) is 0 Å². The van der Waals surface area contributed by atoms with Crippen molar-refractivity contribution < 1.29 is 18.3 Å². The molecule has 1 aromatic rings. The molecule has 0 saturated carbocycles. The molecule has 6 heteroatoms. The Kier molecular flexibility index (Phi) is 5.92. The van der Waals surface area contributed by atoms with Crippen LogP contribution in [-0.2, 0) is 14.8 Å². The van der Waals surface area contributed by atoms with Gasteiger partial charge in [0.05, 0.1) is 4.90 Å². The Morgan fingerprint density at radius 1 is 1.19 bits per heavy atom. The fourth-order valence-corrected chi connectivity index (χ4v) is 3.21. The van der Waals surface area contributed by atoms with Crippen molar-refractivity contribution >= 4 is 16.0 Å². The van der Waals surface area contributed by atoms with Gasteiger partial charge in [0.1, 0.15) is 6.04 Å². The molecular weight excluding hydrogens is 290 g/mol. The van der Waals surface area contributed by atoms with Crippen LogP contribution < -0.4 is 4.72 Å². The number of aliphatic carboxylic acids is 1. The number of hydrogen-bond donors (Lipinski definition) is 2. The van der Waals surface area contributed by atoms with E-state index in [1.807, 2.05) is 20.8 Å². The number of carboxylic acids is 1. The van der Waals surface area contributed by atoms with Crippen LogP contribution >= 0.6 is 0 Å². The normalized spacial score (nSPS) is 14.9. The van der Waals surface area contributed by atoms with Crippen LogP contribution in [0.15, 0.2) is 29.2 Å². The third-order valence-electron chi connectivity index (χ3n) is 3.62. The molecule has 2 N–H and O–H groups in total. The summed E-state index contributed by atoms with van der Waals surface area (Å²) in [6, 6.07) is 5.39. The molecule has 1 aromatic carbocycles. The largest absolute Gasteiger partial charge is 0.480 e. The maximum absolute atomic E-state index is 12.3. The van der Waals surface area contributed by atoms with E-state index in [2.05, 4.69) is 4.72 Å². The predicted octanol–water partition coefficient (Wildman–Crippen LogP) is 2.59. The fraction of sp³-hybridized carbons (Fsp3) is 0.533. The molecule has 0 unspecified atom stereocenters. The van der Waals surface area contributed by atoms with Crippen molar-refractivity contribution in [2.24, 2.45) is 5.92 Å². The van der Waals surface area contributed by atoms with Crippen molar-refractivity contribution in [3.63, 3.8) is 0 Å². The van der Waals surface area contributed by atoms with Gasteiger partial charge in [-0.2, -0.15) is 4.72 Å². The van der Waals surface area contributed by atoms with Gasteiger partial charge >= 0.3 is 5.97 Å². The lowest BCUT2D eigenvalue weighted by atomic mass is 10.0. The maximum atomic E-state index is 12.3. The minimum Gasteiger partial charge on any atom is -0.480 e. The topological polar surface area (TPSA) is 83.5 Å². The van der Waals surface area contributed by atoms with Crippen LogP contribution in [0.3, 0.4) is 0 Å². The Morgan fingerprint density at radius 3 is 2.10 bits per heavy atom. The summed E-state index contributed by atoms with van der Waals surface area (Å²) in [4.78, 5) is 11.3. The molecule has 1 rings (SSSR count). The first-order valence-corrected chi connectivity index (χ1v) is 8.52. The van der Waals surface area contributed by atoms with Crippen LogP contribution in [0.2, 0.25) is 0 Å². The molecule has 0 heterocycles. The van der Waals surface area contributed by atoms with Gasteiger partial charge in [0, 0.05) is 0 Å². The monoisotopic (exact) mass is 313 g/mol. The summed E-state index contributed by atoms with van der Waals surface area (Å²) in [6.45, 7) is 7.58. The summed E-state index contributed by atoms with van der Waals surface area (Å²) in [7, 11) is -3.83. The van der Waals surface area contributed by atoms with Gasteiger partial charge in [-0.15, -0.1) is 0 Å². The molecule has 0 aliphatic carbocycles. The second-order valence-corrected chi connectivity index (χ2v) is 7.26.